The van der Waals surface area contributed by atoms with Crippen LogP contribution in [0.1, 0.15) is 0 Å². The summed E-state index contributed by atoms with van der Waals surface area (Å²) in [5, 5.41) is 6.19. The van der Waals surface area contributed by atoms with Crippen LogP contribution in [-0.4, -0.2) is 19.1 Å². The third kappa shape index (κ3) is 13.7. The van der Waals surface area contributed by atoms with Gasteiger partial charge in [-0.2, -0.15) is 0 Å². The van der Waals surface area contributed by atoms with E-state index in [4.69, 9.17) is 9.97 Å². The lowest BCUT2D eigenvalue weighted by molar-refractivity contribution is 1.13. The van der Waals surface area contributed by atoms with Crippen molar-refractivity contribution in [2.45, 2.75) is 0 Å². The highest BCUT2D eigenvalue weighted by Gasteiger charge is 2.33. The molecule has 0 atom stereocenters. The van der Waals surface area contributed by atoms with E-state index < -0.39 is 0 Å². The van der Waals surface area contributed by atoms with Gasteiger partial charge in [0.05, 0.1) is 56.6 Å². The minimum atomic E-state index is 0.938. The molecule has 0 saturated carbocycles. The zero-order valence-electron chi connectivity index (χ0n) is 63.8. The smallest absolute Gasteiger partial charge is 0.0715 e. The van der Waals surface area contributed by atoms with Gasteiger partial charge < -0.3 is 19.4 Å². The third-order valence-corrected chi connectivity index (χ3v) is 22.7. The van der Waals surface area contributed by atoms with Crippen LogP contribution in [0.5, 0.6) is 0 Å². The number of halogens is 1. The lowest BCUT2D eigenvalue weighted by Gasteiger charge is -2.28. The zero-order chi connectivity index (χ0) is 78.0. The topological polar surface area (TPSA) is 50.9 Å². The molecular weight excluding hydrogens is 1490 g/mol. The largest absolute Gasteiger partial charge is 0.354 e. The molecule has 0 spiro atoms. The molecule has 0 unspecified atom stereocenters. The molecule has 552 valence electrons. The Kier molecular flexibility index (Phi) is 19.1. The van der Waals surface area contributed by atoms with Crippen LogP contribution in [0.4, 0.5) is 28.4 Å². The number of pyridine rings is 2. The predicted molar refractivity (Wildman–Crippen MR) is 493 cm³/mol. The van der Waals surface area contributed by atoms with Crippen LogP contribution in [0.2, 0.25) is 0 Å². The van der Waals surface area contributed by atoms with Gasteiger partial charge in [-0.05, 0) is 130 Å². The summed E-state index contributed by atoms with van der Waals surface area (Å²) in [5.74, 6) is 0. The van der Waals surface area contributed by atoms with Gasteiger partial charge in [0.25, 0.3) is 0 Å². The first-order chi connectivity index (χ1) is 58.0. The summed E-state index contributed by atoms with van der Waals surface area (Å²) in [6.45, 7) is 0. The lowest BCUT2D eigenvalue weighted by Crippen LogP contribution is -2.11. The SMILES string of the molecule is Brc1ccc(-c2cc(-c3ccccc3)cc(-c3ccccc3)n2)cc1.c1ccc(-c2cc(-c3ccccc3)nc(-c3ccc(N4c5ccccc5-c5c(n(-c6ccccc6)c6c(-c7ccccc7)cccc56)-c5ccccc54)cc3)c2)cc1.c1ccc(-c2cccc3c4c(n(-c5ccccc5)c23)-c2ccccc2Nc2ccccc2-4)cc1. The molecule has 1 N–H and O–H groups in total. The fourth-order valence-electron chi connectivity index (χ4n) is 16.9. The van der Waals surface area contributed by atoms with Crippen molar-refractivity contribution in [3.8, 4) is 146 Å². The minimum Gasteiger partial charge on any atom is -0.354 e. The van der Waals surface area contributed by atoms with E-state index in [1.165, 1.54) is 106 Å². The number of para-hydroxylation sites is 8. The van der Waals surface area contributed by atoms with Crippen LogP contribution in [0.15, 0.2) is 453 Å². The number of anilines is 5. The summed E-state index contributed by atoms with van der Waals surface area (Å²) in [6, 6.07) is 159. The van der Waals surface area contributed by atoms with E-state index >= 15 is 0 Å². The number of hydrogen-bond acceptors (Lipinski definition) is 4. The average Bonchev–Trinajstić information content (AvgIpc) is 1.55. The molecule has 0 bridgehead atoms. The highest BCUT2D eigenvalue weighted by Crippen LogP contribution is 2.57. The predicted octanol–water partition coefficient (Wildman–Crippen LogP) is 30.3. The van der Waals surface area contributed by atoms with Crippen LogP contribution >= 0.6 is 15.9 Å². The monoisotopic (exact) mass is 1560 g/mol. The van der Waals surface area contributed by atoms with Gasteiger partial charge in [0, 0.05) is 110 Å². The van der Waals surface area contributed by atoms with Crippen molar-refractivity contribution in [2.24, 2.45) is 0 Å². The van der Waals surface area contributed by atoms with Gasteiger partial charge in [0.2, 0.25) is 0 Å². The molecule has 22 rings (SSSR count). The van der Waals surface area contributed by atoms with Gasteiger partial charge >= 0.3 is 0 Å². The van der Waals surface area contributed by atoms with E-state index in [0.29, 0.717) is 0 Å². The van der Waals surface area contributed by atoms with Crippen molar-refractivity contribution in [1.29, 1.82) is 0 Å². The maximum absolute atomic E-state index is 5.23. The molecule has 6 heterocycles. The molecule has 4 aromatic heterocycles. The van der Waals surface area contributed by atoms with Gasteiger partial charge in [-0.1, -0.05) is 368 Å². The maximum Gasteiger partial charge on any atom is 0.0715 e. The summed E-state index contributed by atoms with van der Waals surface area (Å²) in [4.78, 5) is 12.6. The Balaban J connectivity index is 0.000000126. The third-order valence-electron chi connectivity index (χ3n) is 22.2. The molecular formula is C110H75BrN6. The molecule has 0 radical (unpaired) electrons. The van der Waals surface area contributed by atoms with Crippen LogP contribution in [0, 0.1) is 0 Å². The molecule has 20 aromatic rings. The van der Waals surface area contributed by atoms with Crippen LogP contribution in [-0.2, 0) is 0 Å². The van der Waals surface area contributed by atoms with Gasteiger partial charge in [0.1, 0.15) is 0 Å². The Morgan fingerprint density at radius 2 is 0.521 bits per heavy atom. The summed E-state index contributed by atoms with van der Waals surface area (Å²) >= 11 is 3.50. The summed E-state index contributed by atoms with van der Waals surface area (Å²) in [6.07, 6.45) is 0. The number of nitrogens with zero attached hydrogens (tertiary/aromatic N) is 5. The Bertz CT molecular complexity index is 6860. The van der Waals surface area contributed by atoms with Crippen molar-refractivity contribution < 1.29 is 0 Å². The van der Waals surface area contributed by atoms with Gasteiger partial charge in [-0.25, -0.2) is 9.97 Å². The van der Waals surface area contributed by atoms with Crippen LogP contribution < -0.4 is 10.2 Å². The quantitative estimate of drug-likeness (QED) is 0.140. The van der Waals surface area contributed by atoms with Crippen molar-refractivity contribution in [3.05, 3.63) is 453 Å². The number of benzene rings is 16. The van der Waals surface area contributed by atoms with E-state index in [-0.39, 0.29) is 0 Å². The molecule has 6 nitrogen and oxygen atoms in total. The summed E-state index contributed by atoms with van der Waals surface area (Å²) in [7, 11) is 0. The van der Waals surface area contributed by atoms with Crippen molar-refractivity contribution in [3.63, 3.8) is 0 Å². The minimum absolute atomic E-state index is 0.938. The van der Waals surface area contributed by atoms with Crippen LogP contribution in [0.25, 0.3) is 167 Å². The zero-order valence-corrected chi connectivity index (χ0v) is 65.4. The highest BCUT2D eigenvalue weighted by molar-refractivity contribution is 9.10. The van der Waals surface area contributed by atoms with Gasteiger partial charge in [0.15, 0.2) is 0 Å². The van der Waals surface area contributed by atoms with E-state index in [1.807, 2.05) is 42.5 Å². The number of rotatable bonds is 11. The number of aromatic nitrogens is 4. The first-order valence-corrected chi connectivity index (χ1v) is 40.4. The van der Waals surface area contributed by atoms with Crippen molar-refractivity contribution in [2.75, 3.05) is 10.2 Å². The Labute approximate surface area is 689 Å². The second kappa shape index (κ2) is 31.5. The lowest BCUT2D eigenvalue weighted by atomic mass is 9.96. The first-order valence-electron chi connectivity index (χ1n) is 39.6. The summed E-state index contributed by atoms with van der Waals surface area (Å²) in [5.41, 5.74) is 37.8. The van der Waals surface area contributed by atoms with E-state index in [9.17, 15) is 0 Å². The molecule has 0 saturated heterocycles. The molecule has 7 heteroatoms. The second-order valence-electron chi connectivity index (χ2n) is 29.3. The van der Waals surface area contributed by atoms with E-state index in [2.05, 4.69) is 442 Å². The van der Waals surface area contributed by atoms with Crippen LogP contribution in [0.3, 0.4) is 0 Å². The maximum atomic E-state index is 5.23. The number of fused-ring (bicyclic) bond motifs is 14. The summed E-state index contributed by atoms with van der Waals surface area (Å²) < 4.78 is 6.01. The Morgan fingerprint density at radius 1 is 0.214 bits per heavy atom. The second-order valence-corrected chi connectivity index (χ2v) is 30.2. The fourth-order valence-corrected chi connectivity index (χ4v) is 17.1. The van der Waals surface area contributed by atoms with Gasteiger partial charge in [-0.15, -0.1) is 0 Å². The highest BCUT2D eigenvalue weighted by atomic mass is 79.9. The van der Waals surface area contributed by atoms with E-state index in [0.717, 1.165) is 94.9 Å². The van der Waals surface area contributed by atoms with Gasteiger partial charge in [-0.3, -0.25) is 0 Å². The molecule has 2 aliphatic heterocycles. The average molecular weight is 1560 g/mol. The molecule has 0 aliphatic carbocycles. The number of nitrogens with one attached hydrogen (secondary N) is 1. The number of hydrogen-bond donors (Lipinski definition) is 1. The molecule has 0 amide bonds. The molecule has 16 aromatic carbocycles. The standard InChI is InChI=1S/C55H37N3.C32H22N2.C23H16BrN/c1-5-18-38(19-6-1)42-36-49(40-22-9-3-10-23-40)56-50(37-42)41-32-34-44(35-33-41)57-51-30-15-13-26-46(51)53-48-29-17-28-45(39-20-7-2-8-21-39)54(48)58(43-24-11-4-12-25-43)55(53)47-27-14-16-31-52(47)57;1-3-12-22(13-4-1)24-18-11-19-27-30-25-16-7-9-20-28(25)33-29-21-10-8-17-26(29)32(30)34(31(24)27)23-14-5-2-6-15-23;24-21-13-11-19(12-14-21)23-16-20(17-7-3-1-4-8-17)15-22(25-23)18-9-5-2-6-10-18/h1-37H;1-21,33H;1-16H. The fraction of sp³-hybridized carbons (Fsp3) is 0. The van der Waals surface area contributed by atoms with Crippen molar-refractivity contribution >= 4 is 66.2 Å². The first kappa shape index (κ1) is 71.0. The molecule has 0 fully saturated rings. The van der Waals surface area contributed by atoms with Crippen molar-refractivity contribution in [1.82, 2.24) is 19.1 Å². The molecule has 117 heavy (non-hydrogen) atoms. The normalized spacial score (nSPS) is 11.5. The van der Waals surface area contributed by atoms with E-state index in [1.54, 1.807) is 0 Å². The molecule has 2 aliphatic rings. The Morgan fingerprint density at radius 3 is 0.966 bits per heavy atom. The Hall–Kier alpha value is -15.0.